The molecule has 1 saturated carbocycles. The Morgan fingerprint density at radius 2 is 1.91 bits per heavy atom. The second kappa shape index (κ2) is 8.79. The summed E-state index contributed by atoms with van der Waals surface area (Å²) >= 11 is 1.70. The maximum atomic E-state index is 14.4. The Kier molecular flexibility index (Phi) is 5.68. The van der Waals surface area contributed by atoms with Crippen molar-refractivity contribution >= 4 is 45.4 Å². The number of benzene rings is 2. The number of thiophene rings is 1. The molecule has 166 valence electrons. The lowest BCUT2D eigenvalue weighted by Gasteiger charge is -2.31. The highest BCUT2D eigenvalue weighted by molar-refractivity contribution is 7.08. The first-order chi connectivity index (χ1) is 16.0. The number of halogens is 1. The van der Waals surface area contributed by atoms with E-state index in [-0.39, 0.29) is 0 Å². The molecule has 2 aromatic heterocycles. The summed E-state index contributed by atoms with van der Waals surface area (Å²) in [6, 6.07) is 13.6. The maximum Gasteiger partial charge on any atom is 0.328 e. The van der Waals surface area contributed by atoms with Gasteiger partial charge in [0.25, 0.3) is 0 Å². The number of hydrogen-bond acceptors (Lipinski definition) is 3. The van der Waals surface area contributed by atoms with Gasteiger partial charge in [0.05, 0.1) is 10.9 Å². The first-order valence-corrected chi connectivity index (χ1v) is 11.9. The van der Waals surface area contributed by atoms with Crippen molar-refractivity contribution in [1.82, 2.24) is 10.2 Å². The Balaban J connectivity index is 1.74. The van der Waals surface area contributed by atoms with Gasteiger partial charge in [0, 0.05) is 6.08 Å². The van der Waals surface area contributed by atoms with Gasteiger partial charge in [0.15, 0.2) is 0 Å². The number of aliphatic carboxylic acids is 1. The monoisotopic (exact) mass is 458 g/mol. The molecule has 0 unspecified atom stereocenters. The number of aromatic nitrogens is 2. The molecule has 33 heavy (non-hydrogen) atoms. The number of carboxylic acid groups (broad SMARTS) is 1. The number of rotatable bonds is 6. The average molecular weight is 459 g/mol. The van der Waals surface area contributed by atoms with Gasteiger partial charge in [-0.15, -0.1) is 0 Å². The van der Waals surface area contributed by atoms with E-state index < -0.39 is 11.9 Å². The number of aryl methyl sites for hydroxylation is 1. The number of nitrogens with zero attached hydrogens (tertiary/aromatic N) is 1. The highest BCUT2D eigenvalue weighted by Gasteiger charge is 2.28. The molecule has 1 aliphatic carbocycles. The van der Waals surface area contributed by atoms with Crippen LogP contribution in [0.1, 0.15) is 47.1 Å². The van der Waals surface area contributed by atoms with E-state index in [0.717, 1.165) is 41.2 Å². The van der Waals surface area contributed by atoms with Gasteiger partial charge >= 0.3 is 5.97 Å². The second-order valence-electron chi connectivity index (χ2n) is 8.45. The van der Waals surface area contributed by atoms with Crippen LogP contribution in [-0.2, 0) is 4.79 Å². The van der Waals surface area contributed by atoms with Crippen LogP contribution in [0.5, 0.6) is 0 Å². The van der Waals surface area contributed by atoms with Crippen LogP contribution in [0.2, 0.25) is 0 Å². The SMILES string of the molecule is Cc1cscc1/C(=C(\c1ccc(/C=C/C(=O)O)cc1)c1ccc2n[nH]c(F)c2c1)C1CCC1. The third kappa shape index (κ3) is 4.14. The largest absolute Gasteiger partial charge is 0.478 e. The summed E-state index contributed by atoms with van der Waals surface area (Å²) in [7, 11) is 0. The van der Waals surface area contributed by atoms with E-state index in [9.17, 15) is 9.18 Å². The molecule has 1 aliphatic rings. The van der Waals surface area contributed by atoms with Crippen molar-refractivity contribution in [3.05, 3.63) is 93.1 Å². The smallest absolute Gasteiger partial charge is 0.328 e. The molecular formula is C27H23FN2O2S. The van der Waals surface area contributed by atoms with Crippen molar-refractivity contribution in [2.45, 2.75) is 26.2 Å². The zero-order valence-electron chi connectivity index (χ0n) is 18.1. The lowest BCUT2D eigenvalue weighted by Crippen LogP contribution is -2.15. The third-order valence-electron chi connectivity index (χ3n) is 6.34. The summed E-state index contributed by atoms with van der Waals surface area (Å²) in [5.74, 6) is -0.961. The van der Waals surface area contributed by atoms with Gasteiger partial charge in [-0.3, -0.25) is 5.10 Å². The van der Waals surface area contributed by atoms with Gasteiger partial charge in [-0.2, -0.15) is 20.8 Å². The Bertz CT molecular complexity index is 1390. The second-order valence-corrected chi connectivity index (χ2v) is 9.19. The summed E-state index contributed by atoms with van der Waals surface area (Å²) in [4.78, 5) is 10.9. The number of aromatic amines is 1. The van der Waals surface area contributed by atoms with E-state index in [0.29, 0.717) is 16.8 Å². The molecule has 0 atom stereocenters. The zero-order valence-corrected chi connectivity index (χ0v) is 19.0. The van der Waals surface area contributed by atoms with E-state index in [1.54, 1.807) is 17.4 Å². The van der Waals surface area contributed by atoms with Crippen LogP contribution in [0, 0.1) is 18.8 Å². The molecule has 2 aromatic carbocycles. The molecule has 1 fully saturated rings. The van der Waals surface area contributed by atoms with Gasteiger partial charge in [0.1, 0.15) is 0 Å². The van der Waals surface area contributed by atoms with E-state index in [1.807, 2.05) is 42.5 Å². The van der Waals surface area contributed by atoms with Gasteiger partial charge in [0.2, 0.25) is 5.95 Å². The summed E-state index contributed by atoms with van der Waals surface area (Å²) in [5, 5.41) is 20.3. The number of hydrogen-bond donors (Lipinski definition) is 2. The number of allylic oxidation sites excluding steroid dienone is 1. The maximum absolute atomic E-state index is 14.4. The molecule has 0 radical (unpaired) electrons. The van der Waals surface area contributed by atoms with Crippen molar-refractivity contribution in [2.24, 2.45) is 5.92 Å². The molecule has 4 aromatic rings. The number of carbonyl (C=O) groups is 1. The summed E-state index contributed by atoms with van der Waals surface area (Å²) in [6.07, 6.45) is 6.19. The van der Waals surface area contributed by atoms with E-state index in [4.69, 9.17) is 5.11 Å². The van der Waals surface area contributed by atoms with Crippen molar-refractivity contribution < 1.29 is 14.3 Å². The lowest BCUT2D eigenvalue weighted by atomic mass is 9.73. The summed E-state index contributed by atoms with van der Waals surface area (Å²) in [6.45, 7) is 2.14. The fourth-order valence-corrected chi connectivity index (χ4v) is 5.28. The first-order valence-electron chi connectivity index (χ1n) is 10.9. The zero-order chi connectivity index (χ0) is 22.9. The minimum atomic E-state index is -0.977. The van der Waals surface area contributed by atoms with Crippen molar-refractivity contribution in [3.8, 4) is 0 Å². The van der Waals surface area contributed by atoms with Crippen LogP contribution in [0.15, 0.2) is 59.3 Å². The summed E-state index contributed by atoms with van der Waals surface area (Å²) < 4.78 is 14.4. The number of nitrogens with one attached hydrogen (secondary N) is 1. The van der Waals surface area contributed by atoms with Gasteiger partial charge in [-0.05, 0) is 93.6 Å². The van der Waals surface area contributed by atoms with Crippen LogP contribution in [0.25, 0.3) is 28.1 Å². The first kappa shape index (κ1) is 21.3. The normalized spacial score (nSPS) is 15.1. The van der Waals surface area contributed by atoms with Crippen LogP contribution < -0.4 is 0 Å². The Morgan fingerprint density at radius 3 is 2.55 bits per heavy atom. The number of fused-ring (bicyclic) bond motifs is 1. The standard InChI is InChI=1S/C27H23FN2O2S/c1-16-14-33-15-22(16)26(18-3-2-4-18)25(19-8-5-17(6-9-19)7-12-24(31)32)20-10-11-23-21(13-20)27(28)30-29-23/h5-15,18H,2-4H2,1H3,(H,29,30)(H,31,32)/b12-7+,26-25+. The predicted molar refractivity (Wildman–Crippen MR) is 131 cm³/mol. The van der Waals surface area contributed by atoms with E-state index >= 15 is 0 Å². The quantitative estimate of drug-likeness (QED) is 0.308. The Morgan fingerprint density at radius 1 is 1.15 bits per heavy atom. The van der Waals surface area contributed by atoms with E-state index in [1.165, 1.54) is 23.1 Å². The third-order valence-corrected chi connectivity index (χ3v) is 7.20. The molecule has 6 heteroatoms. The molecule has 4 nitrogen and oxygen atoms in total. The fourth-order valence-electron chi connectivity index (χ4n) is 4.43. The number of carboxylic acids is 1. The molecule has 0 bridgehead atoms. The average Bonchev–Trinajstić information content (AvgIpc) is 3.36. The minimum Gasteiger partial charge on any atom is -0.478 e. The Labute approximate surface area is 195 Å². The lowest BCUT2D eigenvalue weighted by molar-refractivity contribution is -0.131. The van der Waals surface area contributed by atoms with Crippen molar-refractivity contribution in [3.63, 3.8) is 0 Å². The minimum absolute atomic E-state index is 0.433. The van der Waals surface area contributed by atoms with Crippen LogP contribution in [0.4, 0.5) is 4.39 Å². The van der Waals surface area contributed by atoms with Crippen LogP contribution >= 0.6 is 11.3 Å². The highest BCUT2D eigenvalue weighted by Crippen LogP contribution is 2.46. The van der Waals surface area contributed by atoms with Crippen LogP contribution in [0.3, 0.4) is 0 Å². The molecule has 0 amide bonds. The van der Waals surface area contributed by atoms with Crippen molar-refractivity contribution in [2.75, 3.05) is 0 Å². The molecule has 0 aliphatic heterocycles. The summed E-state index contributed by atoms with van der Waals surface area (Å²) in [5.41, 5.74) is 8.28. The molecule has 2 N–H and O–H groups in total. The predicted octanol–water partition coefficient (Wildman–Crippen LogP) is 6.93. The molecule has 2 heterocycles. The topological polar surface area (TPSA) is 66.0 Å². The van der Waals surface area contributed by atoms with Crippen LogP contribution in [-0.4, -0.2) is 21.3 Å². The fraction of sp³-hybridized carbons (Fsp3) is 0.185. The van der Waals surface area contributed by atoms with E-state index in [2.05, 4.69) is 27.9 Å². The molecule has 0 spiro atoms. The Hall–Kier alpha value is -3.51. The highest BCUT2D eigenvalue weighted by atomic mass is 32.1. The molecule has 5 rings (SSSR count). The molecule has 0 saturated heterocycles. The van der Waals surface area contributed by atoms with Gasteiger partial charge in [-0.25, -0.2) is 4.79 Å². The van der Waals surface area contributed by atoms with Gasteiger partial charge in [-0.1, -0.05) is 36.8 Å². The molecular weight excluding hydrogens is 435 g/mol. The number of H-pyrrole nitrogens is 1. The van der Waals surface area contributed by atoms with Gasteiger partial charge < -0.3 is 5.11 Å². The van der Waals surface area contributed by atoms with Crippen molar-refractivity contribution in [1.29, 1.82) is 0 Å².